The van der Waals surface area contributed by atoms with Crippen LogP contribution in [0.2, 0.25) is 0 Å². The van der Waals surface area contributed by atoms with Gasteiger partial charge in [0.2, 0.25) is 17.7 Å². The van der Waals surface area contributed by atoms with Crippen LogP contribution in [-0.2, 0) is 14.4 Å². The third-order valence-electron chi connectivity index (χ3n) is 7.63. The second kappa shape index (κ2) is 9.48. The van der Waals surface area contributed by atoms with Crippen molar-refractivity contribution in [2.45, 2.75) is 70.6 Å². The summed E-state index contributed by atoms with van der Waals surface area (Å²) in [4.78, 5) is 44.1. The van der Waals surface area contributed by atoms with Crippen molar-refractivity contribution in [2.75, 3.05) is 39.3 Å². The van der Waals surface area contributed by atoms with Crippen LogP contribution in [0.4, 0.5) is 0 Å². The highest BCUT2D eigenvalue weighted by Crippen LogP contribution is 2.29. The van der Waals surface area contributed by atoms with Gasteiger partial charge in [-0.1, -0.05) is 19.3 Å². The van der Waals surface area contributed by atoms with Gasteiger partial charge in [-0.15, -0.1) is 0 Å². The number of likely N-dealkylation sites (tertiary alicyclic amines) is 3. The Morgan fingerprint density at radius 3 is 2.03 bits per heavy atom. The van der Waals surface area contributed by atoms with Gasteiger partial charge in [-0.25, -0.2) is 0 Å². The highest BCUT2D eigenvalue weighted by molar-refractivity contribution is 5.84. The smallest absolute Gasteiger partial charge is 0.227 e. The van der Waals surface area contributed by atoms with Crippen LogP contribution < -0.4 is 0 Å². The molecule has 6 nitrogen and oxygen atoms in total. The molecule has 1 unspecified atom stereocenters. The van der Waals surface area contributed by atoms with Crippen LogP contribution in [0.5, 0.6) is 0 Å². The molecule has 0 radical (unpaired) electrons. The van der Waals surface area contributed by atoms with Crippen molar-refractivity contribution in [1.29, 1.82) is 0 Å². The molecule has 1 aliphatic carbocycles. The fourth-order valence-electron chi connectivity index (χ4n) is 5.78. The van der Waals surface area contributed by atoms with Gasteiger partial charge in [0.25, 0.3) is 0 Å². The van der Waals surface area contributed by atoms with Crippen LogP contribution in [0.15, 0.2) is 0 Å². The Morgan fingerprint density at radius 1 is 0.724 bits per heavy atom. The van der Waals surface area contributed by atoms with E-state index in [2.05, 4.69) is 0 Å². The molecule has 1 saturated carbocycles. The zero-order chi connectivity index (χ0) is 20.2. The molecule has 0 aromatic heterocycles. The average Bonchev–Trinajstić information content (AvgIpc) is 3.30. The normalized spacial score (nSPS) is 27.5. The van der Waals surface area contributed by atoms with Crippen molar-refractivity contribution in [3.63, 3.8) is 0 Å². The van der Waals surface area contributed by atoms with Crippen molar-refractivity contribution in [3.8, 4) is 0 Å². The summed E-state index contributed by atoms with van der Waals surface area (Å²) in [6.07, 6.45) is 11.3. The van der Waals surface area contributed by atoms with E-state index in [0.29, 0.717) is 44.3 Å². The van der Waals surface area contributed by atoms with Crippen LogP contribution in [0.25, 0.3) is 0 Å². The summed E-state index contributed by atoms with van der Waals surface area (Å²) in [6.45, 7) is 4.64. The Balaban J connectivity index is 1.26. The molecule has 4 rings (SSSR count). The Morgan fingerprint density at radius 2 is 1.34 bits per heavy atom. The molecule has 3 saturated heterocycles. The highest BCUT2D eigenvalue weighted by Gasteiger charge is 2.36. The van der Waals surface area contributed by atoms with Crippen LogP contribution >= 0.6 is 0 Å². The van der Waals surface area contributed by atoms with Gasteiger partial charge in [-0.05, 0) is 50.9 Å². The van der Waals surface area contributed by atoms with Crippen LogP contribution in [0, 0.1) is 17.8 Å². The van der Waals surface area contributed by atoms with Crippen LogP contribution in [0.3, 0.4) is 0 Å². The predicted molar refractivity (Wildman–Crippen MR) is 111 cm³/mol. The molecule has 0 spiro atoms. The van der Waals surface area contributed by atoms with Crippen molar-refractivity contribution >= 4 is 17.7 Å². The average molecular weight is 404 g/mol. The van der Waals surface area contributed by atoms with Crippen molar-refractivity contribution in [3.05, 3.63) is 0 Å². The summed E-state index contributed by atoms with van der Waals surface area (Å²) in [5.41, 5.74) is 0. The molecule has 3 heterocycles. The van der Waals surface area contributed by atoms with Gasteiger partial charge in [0, 0.05) is 51.6 Å². The van der Waals surface area contributed by atoms with E-state index in [4.69, 9.17) is 0 Å². The van der Waals surface area contributed by atoms with E-state index >= 15 is 0 Å². The molecule has 4 fully saturated rings. The van der Waals surface area contributed by atoms with Gasteiger partial charge >= 0.3 is 0 Å². The topological polar surface area (TPSA) is 60.9 Å². The number of hydrogen-bond acceptors (Lipinski definition) is 3. The van der Waals surface area contributed by atoms with Gasteiger partial charge in [-0.2, -0.15) is 0 Å². The molecular weight excluding hydrogens is 366 g/mol. The quantitative estimate of drug-likeness (QED) is 0.725. The number of carbonyl (C=O) groups excluding carboxylic acids is 3. The zero-order valence-corrected chi connectivity index (χ0v) is 17.8. The number of piperidine rings is 2. The van der Waals surface area contributed by atoms with E-state index in [1.807, 2.05) is 14.7 Å². The molecule has 0 bridgehead atoms. The molecule has 0 aromatic carbocycles. The molecule has 4 aliphatic rings. The second-order valence-corrected chi connectivity index (χ2v) is 9.67. The van der Waals surface area contributed by atoms with E-state index in [0.717, 1.165) is 45.3 Å². The Hall–Kier alpha value is -1.59. The molecule has 29 heavy (non-hydrogen) atoms. The van der Waals surface area contributed by atoms with Gasteiger partial charge in [0.15, 0.2) is 0 Å². The minimum absolute atomic E-state index is 0.0536. The van der Waals surface area contributed by atoms with Crippen molar-refractivity contribution in [2.24, 2.45) is 17.8 Å². The Kier molecular flexibility index (Phi) is 6.76. The standard InChI is InChI=1S/C23H37N3O3/c27-21-9-8-20(17-26(21)16-18-6-2-1-3-7-18)23(29)25-14-10-19(11-15-25)22(28)24-12-4-5-13-24/h18-20H,1-17H2. The predicted octanol–water partition coefficient (Wildman–Crippen LogP) is 2.67. The fraction of sp³-hybridized carbons (Fsp3) is 0.870. The Labute approximate surface area is 175 Å². The fourth-order valence-corrected chi connectivity index (χ4v) is 5.78. The van der Waals surface area contributed by atoms with E-state index in [-0.39, 0.29) is 23.7 Å². The van der Waals surface area contributed by atoms with Crippen molar-refractivity contribution < 1.29 is 14.4 Å². The highest BCUT2D eigenvalue weighted by atomic mass is 16.2. The maximum absolute atomic E-state index is 13.1. The van der Waals surface area contributed by atoms with Crippen LogP contribution in [0.1, 0.15) is 70.6 Å². The molecule has 3 amide bonds. The van der Waals surface area contributed by atoms with E-state index in [9.17, 15) is 14.4 Å². The molecule has 3 aliphatic heterocycles. The maximum Gasteiger partial charge on any atom is 0.227 e. The zero-order valence-electron chi connectivity index (χ0n) is 17.8. The molecule has 162 valence electrons. The first-order valence-electron chi connectivity index (χ1n) is 12.0. The first-order chi connectivity index (χ1) is 14.1. The molecule has 6 heteroatoms. The summed E-state index contributed by atoms with van der Waals surface area (Å²) in [7, 11) is 0. The third kappa shape index (κ3) is 4.95. The SMILES string of the molecule is O=C1CCC(C(=O)N2CCC(C(=O)N3CCCC3)CC2)CN1CC1CCCCC1. The summed E-state index contributed by atoms with van der Waals surface area (Å²) >= 11 is 0. The minimum Gasteiger partial charge on any atom is -0.342 e. The third-order valence-corrected chi connectivity index (χ3v) is 7.63. The van der Waals surface area contributed by atoms with Gasteiger partial charge < -0.3 is 14.7 Å². The number of hydrogen-bond donors (Lipinski definition) is 0. The number of carbonyl (C=O) groups is 3. The summed E-state index contributed by atoms with van der Waals surface area (Å²) in [6, 6.07) is 0. The lowest BCUT2D eigenvalue weighted by Crippen LogP contribution is -2.50. The van der Waals surface area contributed by atoms with Crippen LogP contribution in [-0.4, -0.2) is 71.7 Å². The van der Waals surface area contributed by atoms with E-state index in [1.54, 1.807) is 0 Å². The van der Waals surface area contributed by atoms with Crippen molar-refractivity contribution in [1.82, 2.24) is 14.7 Å². The monoisotopic (exact) mass is 403 g/mol. The lowest BCUT2D eigenvalue weighted by Gasteiger charge is -2.39. The molecule has 1 atom stereocenters. The second-order valence-electron chi connectivity index (χ2n) is 9.67. The summed E-state index contributed by atoms with van der Waals surface area (Å²) in [5.74, 6) is 1.40. The summed E-state index contributed by atoms with van der Waals surface area (Å²) in [5, 5.41) is 0. The lowest BCUT2D eigenvalue weighted by molar-refractivity contribution is -0.146. The maximum atomic E-state index is 13.1. The number of rotatable bonds is 4. The largest absolute Gasteiger partial charge is 0.342 e. The lowest BCUT2D eigenvalue weighted by atomic mass is 9.87. The summed E-state index contributed by atoms with van der Waals surface area (Å²) < 4.78 is 0. The molecule has 0 N–H and O–H groups in total. The number of amides is 3. The van der Waals surface area contributed by atoms with Gasteiger partial charge in [0.05, 0.1) is 5.92 Å². The van der Waals surface area contributed by atoms with Gasteiger partial charge in [0.1, 0.15) is 0 Å². The Bertz CT molecular complexity index is 602. The molecular formula is C23H37N3O3. The first-order valence-corrected chi connectivity index (χ1v) is 12.0. The number of nitrogens with zero attached hydrogens (tertiary/aromatic N) is 3. The van der Waals surface area contributed by atoms with E-state index < -0.39 is 0 Å². The van der Waals surface area contributed by atoms with Gasteiger partial charge in [-0.3, -0.25) is 14.4 Å². The molecule has 0 aromatic rings. The van der Waals surface area contributed by atoms with E-state index in [1.165, 1.54) is 32.1 Å². The minimum atomic E-state index is -0.0536. The first kappa shape index (κ1) is 20.7.